The average molecular weight is 318 g/mol. The number of nitrogens with one attached hydrogen (secondary N) is 1. The summed E-state index contributed by atoms with van der Waals surface area (Å²) < 4.78 is 5.37. The van der Waals surface area contributed by atoms with E-state index in [1.54, 1.807) is 0 Å². The standard InChI is InChI=1S/C19H30N2O2/c1-3-5-6-16(4-2)15-20-19(22)17-7-9-18(10-8-17)21-11-13-23-14-12-21/h7-10,16H,3-6,11-15H2,1-2H3,(H,20,22)/t16-/m0/s1. The molecule has 0 spiro atoms. The number of nitrogens with zero attached hydrogens (tertiary/aromatic N) is 1. The van der Waals surface area contributed by atoms with Crippen LogP contribution >= 0.6 is 0 Å². The number of carbonyl (C=O) groups excluding carboxylic acids is 1. The van der Waals surface area contributed by atoms with Crippen molar-refractivity contribution in [3.63, 3.8) is 0 Å². The Balaban J connectivity index is 1.84. The van der Waals surface area contributed by atoms with Crippen molar-refractivity contribution < 1.29 is 9.53 Å². The van der Waals surface area contributed by atoms with Crippen LogP contribution in [0.4, 0.5) is 5.69 Å². The molecule has 1 fully saturated rings. The Morgan fingerprint density at radius 3 is 2.52 bits per heavy atom. The zero-order valence-electron chi connectivity index (χ0n) is 14.5. The zero-order valence-corrected chi connectivity index (χ0v) is 14.5. The molecular weight excluding hydrogens is 288 g/mol. The van der Waals surface area contributed by atoms with Gasteiger partial charge in [0.05, 0.1) is 13.2 Å². The molecule has 1 amide bonds. The van der Waals surface area contributed by atoms with Gasteiger partial charge in [-0.05, 0) is 36.6 Å². The quantitative estimate of drug-likeness (QED) is 0.798. The van der Waals surface area contributed by atoms with Crippen molar-refractivity contribution in [3.05, 3.63) is 29.8 Å². The Bertz CT molecular complexity index is 467. The molecule has 0 radical (unpaired) electrons. The van der Waals surface area contributed by atoms with Gasteiger partial charge in [0.25, 0.3) is 5.91 Å². The second kappa shape index (κ2) is 9.56. The summed E-state index contributed by atoms with van der Waals surface area (Å²) in [5.74, 6) is 0.625. The van der Waals surface area contributed by atoms with Crippen LogP contribution in [0.1, 0.15) is 49.9 Å². The molecule has 4 heteroatoms. The van der Waals surface area contributed by atoms with Gasteiger partial charge in [0.2, 0.25) is 0 Å². The molecule has 4 nitrogen and oxygen atoms in total. The molecule has 0 unspecified atom stereocenters. The number of ether oxygens (including phenoxy) is 1. The molecule has 1 aliphatic rings. The summed E-state index contributed by atoms with van der Waals surface area (Å²) in [4.78, 5) is 14.6. The predicted molar refractivity (Wildman–Crippen MR) is 95.1 cm³/mol. The van der Waals surface area contributed by atoms with Crippen LogP contribution in [0.3, 0.4) is 0 Å². The summed E-state index contributed by atoms with van der Waals surface area (Å²) in [7, 11) is 0. The van der Waals surface area contributed by atoms with Crippen LogP contribution in [-0.4, -0.2) is 38.8 Å². The number of hydrogen-bond acceptors (Lipinski definition) is 3. The Morgan fingerprint density at radius 2 is 1.91 bits per heavy atom. The van der Waals surface area contributed by atoms with Gasteiger partial charge in [-0.1, -0.05) is 33.1 Å². The first kappa shape index (κ1) is 17.8. The summed E-state index contributed by atoms with van der Waals surface area (Å²) in [6, 6.07) is 7.92. The lowest BCUT2D eigenvalue weighted by Gasteiger charge is -2.28. The first-order chi connectivity index (χ1) is 11.2. The average Bonchev–Trinajstić information content (AvgIpc) is 2.62. The highest BCUT2D eigenvalue weighted by Gasteiger charge is 2.13. The number of amides is 1. The molecule has 1 heterocycles. The van der Waals surface area contributed by atoms with Gasteiger partial charge >= 0.3 is 0 Å². The minimum atomic E-state index is 0.0356. The Hall–Kier alpha value is -1.55. The van der Waals surface area contributed by atoms with Gasteiger partial charge in [-0.2, -0.15) is 0 Å². The normalized spacial score (nSPS) is 16.2. The molecule has 1 aromatic carbocycles. The Morgan fingerprint density at radius 1 is 1.22 bits per heavy atom. The maximum absolute atomic E-state index is 12.3. The molecule has 0 aromatic heterocycles. The van der Waals surface area contributed by atoms with E-state index < -0.39 is 0 Å². The molecule has 1 aliphatic heterocycles. The lowest BCUT2D eigenvalue weighted by molar-refractivity contribution is 0.0945. The number of hydrogen-bond donors (Lipinski definition) is 1. The third-order valence-electron chi connectivity index (χ3n) is 4.60. The fourth-order valence-electron chi connectivity index (χ4n) is 2.93. The van der Waals surface area contributed by atoms with Gasteiger partial charge in [-0.15, -0.1) is 0 Å². The summed E-state index contributed by atoms with van der Waals surface area (Å²) in [5, 5.41) is 3.09. The van der Waals surface area contributed by atoms with Crippen LogP contribution in [0.2, 0.25) is 0 Å². The third kappa shape index (κ3) is 5.54. The van der Waals surface area contributed by atoms with Crippen molar-refractivity contribution in [1.82, 2.24) is 5.32 Å². The molecular formula is C19H30N2O2. The van der Waals surface area contributed by atoms with Gasteiger partial charge in [0.15, 0.2) is 0 Å². The van der Waals surface area contributed by atoms with E-state index in [0.29, 0.717) is 5.92 Å². The van der Waals surface area contributed by atoms with Gasteiger partial charge in [-0.3, -0.25) is 4.79 Å². The monoisotopic (exact) mass is 318 g/mol. The second-order valence-electron chi connectivity index (χ2n) is 6.27. The van der Waals surface area contributed by atoms with E-state index in [1.165, 1.54) is 24.9 Å². The highest BCUT2D eigenvalue weighted by atomic mass is 16.5. The van der Waals surface area contributed by atoms with E-state index in [0.717, 1.165) is 44.8 Å². The van der Waals surface area contributed by atoms with Gasteiger partial charge in [0.1, 0.15) is 0 Å². The lowest BCUT2D eigenvalue weighted by Crippen LogP contribution is -2.36. The van der Waals surface area contributed by atoms with Crippen LogP contribution in [0, 0.1) is 5.92 Å². The van der Waals surface area contributed by atoms with Crippen LogP contribution in [0.15, 0.2) is 24.3 Å². The number of unbranched alkanes of at least 4 members (excludes halogenated alkanes) is 1. The van der Waals surface area contributed by atoms with Gasteiger partial charge < -0.3 is 15.0 Å². The number of carbonyl (C=O) groups is 1. The van der Waals surface area contributed by atoms with Crippen LogP contribution in [0.5, 0.6) is 0 Å². The molecule has 128 valence electrons. The summed E-state index contributed by atoms with van der Waals surface area (Å²) in [6.07, 6.45) is 4.77. The Kier molecular flexibility index (Phi) is 7.40. The topological polar surface area (TPSA) is 41.6 Å². The molecule has 0 bridgehead atoms. The van der Waals surface area contributed by atoms with Crippen molar-refractivity contribution in [2.75, 3.05) is 37.7 Å². The van der Waals surface area contributed by atoms with Crippen molar-refractivity contribution >= 4 is 11.6 Å². The second-order valence-corrected chi connectivity index (χ2v) is 6.27. The van der Waals surface area contributed by atoms with Gasteiger partial charge in [0, 0.05) is 30.9 Å². The first-order valence-corrected chi connectivity index (χ1v) is 8.95. The Labute approximate surface area is 140 Å². The maximum atomic E-state index is 12.3. The SMILES string of the molecule is CCCC[C@H](CC)CNC(=O)c1ccc(N2CCOCC2)cc1. The minimum Gasteiger partial charge on any atom is -0.378 e. The molecule has 23 heavy (non-hydrogen) atoms. The molecule has 1 N–H and O–H groups in total. The number of rotatable bonds is 8. The predicted octanol–water partition coefficient (Wildman–Crippen LogP) is 3.47. The van der Waals surface area contributed by atoms with E-state index in [2.05, 4.69) is 24.1 Å². The maximum Gasteiger partial charge on any atom is 0.251 e. The highest BCUT2D eigenvalue weighted by molar-refractivity contribution is 5.94. The fraction of sp³-hybridized carbons (Fsp3) is 0.632. The summed E-state index contributed by atoms with van der Waals surface area (Å²) in [5.41, 5.74) is 1.91. The van der Waals surface area contributed by atoms with E-state index in [-0.39, 0.29) is 5.91 Å². The van der Waals surface area contributed by atoms with Crippen LogP contribution in [0.25, 0.3) is 0 Å². The smallest absolute Gasteiger partial charge is 0.251 e. The van der Waals surface area contributed by atoms with Gasteiger partial charge in [-0.25, -0.2) is 0 Å². The van der Waals surface area contributed by atoms with Crippen molar-refractivity contribution in [2.24, 2.45) is 5.92 Å². The van der Waals surface area contributed by atoms with Crippen molar-refractivity contribution in [2.45, 2.75) is 39.5 Å². The molecule has 0 saturated carbocycles. The van der Waals surface area contributed by atoms with Crippen LogP contribution < -0.4 is 10.2 Å². The molecule has 2 rings (SSSR count). The summed E-state index contributed by atoms with van der Waals surface area (Å²) in [6.45, 7) is 8.57. The fourth-order valence-corrected chi connectivity index (χ4v) is 2.93. The van der Waals surface area contributed by atoms with Crippen LogP contribution in [-0.2, 0) is 4.74 Å². The largest absolute Gasteiger partial charge is 0.378 e. The minimum absolute atomic E-state index is 0.0356. The lowest BCUT2D eigenvalue weighted by atomic mass is 9.99. The summed E-state index contributed by atoms with van der Waals surface area (Å²) >= 11 is 0. The molecule has 1 saturated heterocycles. The zero-order chi connectivity index (χ0) is 16.5. The first-order valence-electron chi connectivity index (χ1n) is 8.95. The van der Waals surface area contributed by atoms with Crippen molar-refractivity contribution in [1.29, 1.82) is 0 Å². The number of anilines is 1. The van der Waals surface area contributed by atoms with Crippen molar-refractivity contribution in [3.8, 4) is 0 Å². The number of morpholine rings is 1. The van der Waals surface area contributed by atoms with E-state index in [9.17, 15) is 4.79 Å². The molecule has 0 aliphatic carbocycles. The molecule has 1 aromatic rings. The van der Waals surface area contributed by atoms with E-state index in [4.69, 9.17) is 4.74 Å². The highest BCUT2D eigenvalue weighted by Crippen LogP contribution is 2.17. The van der Waals surface area contributed by atoms with E-state index >= 15 is 0 Å². The van der Waals surface area contributed by atoms with E-state index in [1.807, 2.05) is 24.3 Å². The number of benzene rings is 1. The molecule has 1 atom stereocenters. The third-order valence-corrected chi connectivity index (χ3v) is 4.60.